The van der Waals surface area contributed by atoms with E-state index in [0.717, 1.165) is 11.1 Å². The van der Waals surface area contributed by atoms with Crippen molar-refractivity contribution in [2.75, 3.05) is 10.7 Å². The van der Waals surface area contributed by atoms with Crippen LogP contribution in [-0.4, -0.2) is 9.97 Å². The number of nitrogens with two attached hydrogens (primary N) is 1. The third kappa shape index (κ3) is 3.59. The highest BCUT2D eigenvalue weighted by Gasteiger charge is 2.14. The lowest BCUT2D eigenvalue weighted by Crippen LogP contribution is -2.15. The van der Waals surface area contributed by atoms with E-state index in [1.807, 2.05) is 13.8 Å². The van der Waals surface area contributed by atoms with E-state index in [4.69, 9.17) is 17.4 Å². The Morgan fingerprint density at radius 3 is 2.62 bits per heavy atom. The summed E-state index contributed by atoms with van der Waals surface area (Å²) in [6.45, 7) is 4.53. The van der Waals surface area contributed by atoms with Gasteiger partial charge in [0.05, 0.1) is 5.02 Å². The molecule has 0 atom stereocenters. The summed E-state index contributed by atoms with van der Waals surface area (Å²) in [4.78, 5) is 8.34. The summed E-state index contributed by atoms with van der Waals surface area (Å²) in [6.07, 6.45) is 1.43. The van der Waals surface area contributed by atoms with Gasteiger partial charge in [-0.15, -0.1) is 0 Å². The van der Waals surface area contributed by atoms with Crippen LogP contribution in [-0.2, 0) is 6.54 Å². The number of hydrazine groups is 1. The lowest BCUT2D eigenvalue weighted by molar-refractivity contribution is 0.627. The van der Waals surface area contributed by atoms with Crippen LogP contribution >= 0.6 is 11.6 Å². The maximum absolute atomic E-state index is 13.1. The summed E-state index contributed by atoms with van der Waals surface area (Å²) < 4.78 is 13.1. The van der Waals surface area contributed by atoms with Crippen LogP contribution < -0.4 is 16.6 Å². The summed E-state index contributed by atoms with van der Waals surface area (Å²) in [5, 5.41) is 3.31. The van der Waals surface area contributed by atoms with E-state index < -0.39 is 5.82 Å². The van der Waals surface area contributed by atoms with Gasteiger partial charge in [-0.1, -0.05) is 31.5 Å². The molecule has 112 valence electrons. The second-order valence-electron chi connectivity index (χ2n) is 4.89. The Hall–Kier alpha value is -1.92. The Balaban J connectivity index is 2.21. The lowest BCUT2D eigenvalue weighted by Gasteiger charge is -2.16. The molecule has 21 heavy (non-hydrogen) atoms. The molecule has 4 N–H and O–H groups in total. The van der Waals surface area contributed by atoms with Gasteiger partial charge in [0.25, 0.3) is 0 Å². The van der Waals surface area contributed by atoms with Gasteiger partial charge >= 0.3 is 0 Å². The molecule has 2 aromatic rings. The molecule has 0 spiro atoms. The molecule has 1 heterocycles. The first-order chi connectivity index (χ1) is 10.0. The van der Waals surface area contributed by atoms with E-state index in [1.165, 1.54) is 12.4 Å². The molecule has 0 aliphatic rings. The van der Waals surface area contributed by atoms with E-state index in [9.17, 15) is 4.39 Å². The number of rotatable bonds is 5. The molecule has 2 rings (SSSR count). The van der Waals surface area contributed by atoms with Gasteiger partial charge in [-0.05, 0) is 23.6 Å². The summed E-state index contributed by atoms with van der Waals surface area (Å²) >= 11 is 5.77. The molecule has 0 saturated heterocycles. The summed E-state index contributed by atoms with van der Waals surface area (Å²) in [7, 11) is 0. The molecule has 0 radical (unpaired) electrons. The number of nitrogens with zero attached hydrogens (tertiary/aromatic N) is 2. The molecule has 0 unspecified atom stereocenters. The Morgan fingerprint density at radius 2 is 2.00 bits per heavy atom. The highest BCUT2D eigenvalue weighted by Crippen LogP contribution is 2.28. The number of benzene rings is 1. The van der Waals surface area contributed by atoms with Crippen molar-refractivity contribution in [3.8, 4) is 0 Å². The zero-order chi connectivity index (χ0) is 15.4. The fraction of sp³-hybridized carbons (Fsp3) is 0.286. The first-order valence-electron chi connectivity index (χ1n) is 6.52. The van der Waals surface area contributed by atoms with Gasteiger partial charge in [-0.25, -0.2) is 20.2 Å². The second kappa shape index (κ2) is 6.69. The van der Waals surface area contributed by atoms with Gasteiger partial charge in [-0.2, -0.15) is 0 Å². The quantitative estimate of drug-likeness (QED) is 0.583. The average Bonchev–Trinajstić information content (AvgIpc) is 2.47. The molecule has 0 bridgehead atoms. The molecular weight excluding hydrogens is 293 g/mol. The number of hydrogen-bond donors (Lipinski definition) is 3. The van der Waals surface area contributed by atoms with Crippen LogP contribution in [0.4, 0.5) is 16.0 Å². The van der Waals surface area contributed by atoms with Crippen molar-refractivity contribution in [1.82, 2.24) is 9.97 Å². The van der Waals surface area contributed by atoms with Crippen molar-refractivity contribution in [1.29, 1.82) is 0 Å². The lowest BCUT2D eigenvalue weighted by atomic mass is 10.0. The standard InChI is InChI=1S/C14H17ClFN5/c1-8(2)12-13(19-7-20-14(12)21-17)18-6-9-3-4-11(16)10(15)5-9/h3-5,7-8H,6,17H2,1-2H3,(H2,18,19,20,21). The van der Waals surface area contributed by atoms with E-state index in [1.54, 1.807) is 12.1 Å². The highest BCUT2D eigenvalue weighted by atomic mass is 35.5. The predicted octanol–water partition coefficient (Wildman–Crippen LogP) is 3.29. The fourth-order valence-corrected chi connectivity index (χ4v) is 2.24. The molecule has 0 aliphatic heterocycles. The van der Waals surface area contributed by atoms with E-state index in [0.29, 0.717) is 18.2 Å². The second-order valence-corrected chi connectivity index (χ2v) is 5.29. The van der Waals surface area contributed by atoms with Gasteiger partial charge in [0, 0.05) is 12.1 Å². The van der Waals surface area contributed by atoms with E-state index in [2.05, 4.69) is 20.7 Å². The molecule has 0 amide bonds. The Morgan fingerprint density at radius 1 is 1.29 bits per heavy atom. The zero-order valence-electron chi connectivity index (χ0n) is 11.8. The third-order valence-corrected chi connectivity index (χ3v) is 3.33. The monoisotopic (exact) mass is 309 g/mol. The van der Waals surface area contributed by atoms with Gasteiger partial charge in [0.2, 0.25) is 0 Å². The predicted molar refractivity (Wildman–Crippen MR) is 82.7 cm³/mol. The molecular formula is C14H17ClFN5. The summed E-state index contributed by atoms with van der Waals surface area (Å²) in [5.41, 5.74) is 4.33. The van der Waals surface area contributed by atoms with Crippen LogP contribution in [0.25, 0.3) is 0 Å². The Kier molecular flexibility index (Phi) is 4.93. The number of halogens is 2. The van der Waals surface area contributed by atoms with Gasteiger partial charge in [-0.3, -0.25) is 0 Å². The molecule has 0 saturated carbocycles. The van der Waals surface area contributed by atoms with Crippen molar-refractivity contribution in [2.24, 2.45) is 5.84 Å². The average molecular weight is 310 g/mol. The molecule has 0 aliphatic carbocycles. The summed E-state index contributed by atoms with van der Waals surface area (Å²) in [6, 6.07) is 4.60. The number of aromatic nitrogens is 2. The Labute approximate surface area is 127 Å². The van der Waals surface area contributed by atoms with Crippen LogP contribution in [0.3, 0.4) is 0 Å². The Bertz CT molecular complexity index is 633. The molecule has 7 heteroatoms. The van der Waals surface area contributed by atoms with Crippen LogP contribution in [0.2, 0.25) is 5.02 Å². The van der Waals surface area contributed by atoms with Crippen molar-refractivity contribution in [2.45, 2.75) is 26.3 Å². The van der Waals surface area contributed by atoms with Crippen LogP contribution in [0.1, 0.15) is 30.9 Å². The fourth-order valence-electron chi connectivity index (χ4n) is 2.03. The molecule has 1 aromatic carbocycles. The van der Waals surface area contributed by atoms with Gasteiger partial charge in [0.1, 0.15) is 23.8 Å². The minimum atomic E-state index is -0.431. The van der Waals surface area contributed by atoms with Crippen LogP contribution in [0.15, 0.2) is 24.5 Å². The number of hydrogen-bond acceptors (Lipinski definition) is 5. The number of nitrogens with one attached hydrogen (secondary N) is 2. The molecule has 1 aromatic heterocycles. The van der Waals surface area contributed by atoms with Crippen LogP contribution in [0, 0.1) is 5.82 Å². The molecule has 5 nitrogen and oxygen atoms in total. The van der Waals surface area contributed by atoms with Crippen molar-refractivity contribution in [3.63, 3.8) is 0 Å². The topological polar surface area (TPSA) is 75.9 Å². The normalized spacial score (nSPS) is 10.8. The van der Waals surface area contributed by atoms with E-state index in [-0.39, 0.29) is 10.9 Å². The minimum Gasteiger partial charge on any atom is -0.366 e. The zero-order valence-corrected chi connectivity index (χ0v) is 12.6. The van der Waals surface area contributed by atoms with Crippen molar-refractivity contribution in [3.05, 3.63) is 46.5 Å². The highest BCUT2D eigenvalue weighted by molar-refractivity contribution is 6.30. The van der Waals surface area contributed by atoms with Crippen molar-refractivity contribution < 1.29 is 4.39 Å². The molecule has 0 fully saturated rings. The van der Waals surface area contributed by atoms with Gasteiger partial charge in [0.15, 0.2) is 0 Å². The maximum atomic E-state index is 13.1. The van der Waals surface area contributed by atoms with E-state index >= 15 is 0 Å². The SMILES string of the molecule is CC(C)c1c(NN)ncnc1NCc1ccc(F)c(Cl)c1. The van der Waals surface area contributed by atoms with Crippen LogP contribution in [0.5, 0.6) is 0 Å². The first kappa shape index (κ1) is 15.5. The minimum absolute atomic E-state index is 0.102. The summed E-state index contributed by atoms with van der Waals surface area (Å²) in [5.74, 6) is 6.51. The maximum Gasteiger partial charge on any atom is 0.148 e. The smallest absolute Gasteiger partial charge is 0.148 e. The van der Waals surface area contributed by atoms with Gasteiger partial charge < -0.3 is 10.7 Å². The first-order valence-corrected chi connectivity index (χ1v) is 6.90. The number of anilines is 2. The van der Waals surface area contributed by atoms with Crippen molar-refractivity contribution >= 4 is 23.2 Å². The number of nitrogen functional groups attached to an aromatic ring is 1. The third-order valence-electron chi connectivity index (χ3n) is 3.04. The largest absolute Gasteiger partial charge is 0.366 e.